The second kappa shape index (κ2) is 3.88. The van der Waals surface area contributed by atoms with Crippen molar-refractivity contribution in [1.82, 2.24) is 4.90 Å². The van der Waals surface area contributed by atoms with Crippen molar-refractivity contribution in [1.29, 1.82) is 0 Å². The number of rotatable bonds is 2. The maximum atomic E-state index is 13.5. The molecular formula is C11H12FNO2. The Kier molecular flexibility index (Phi) is 2.58. The lowest BCUT2D eigenvalue weighted by Gasteiger charge is -2.31. The highest BCUT2D eigenvalue weighted by molar-refractivity contribution is 5.95. The van der Waals surface area contributed by atoms with Crippen LogP contribution in [-0.2, 0) is 0 Å². The molecule has 0 aromatic heterocycles. The molecular weight excluding hydrogens is 197 g/mol. The predicted molar refractivity (Wildman–Crippen MR) is 53.5 cm³/mol. The Labute approximate surface area is 87.5 Å². The van der Waals surface area contributed by atoms with Crippen LogP contribution in [0, 0.1) is 5.82 Å². The maximum Gasteiger partial charge on any atom is 0.256 e. The van der Waals surface area contributed by atoms with Gasteiger partial charge >= 0.3 is 0 Å². The Morgan fingerprint density at radius 1 is 1.47 bits per heavy atom. The van der Waals surface area contributed by atoms with Crippen LogP contribution >= 0.6 is 0 Å². The predicted octanol–water partition coefficient (Wildman–Crippen LogP) is 1.68. The van der Waals surface area contributed by atoms with E-state index in [1.165, 1.54) is 19.2 Å². The summed E-state index contributed by atoms with van der Waals surface area (Å²) in [7, 11) is 1.46. The van der Waals surface area contributed by atoms with Crippen molar-refractivity contribution in [2.75, 3.05) is 20.2 Å². The van der Waals surface area contributed by atoms with Crippen LogP contribution in [0.1, 0.15) is 16.8 Å². The number of benzene rings is 1. The van der Waals surface area contributed by atoms with Crippen molar-refractivity contribution in [3.05, 3.63) is 29.6 Å². The zero-order chi connectivity index (χ0) is 10.8. The second-order valence-electron chi connectivity index (χ2n) is 3.49. The van der Waals surface area contributed by atoms with E-state index in [0.29, 0.717) is 5.75 Å². The van der Waals surface area contributed by atoms with Crippen LogP contribution in [0.25, 0.3) is 0 Å². The van der Waals surface area contributed by atoms with E-state index < -0.39 is 5.82 Å². The number of amides is 1. The molecule has 1 heterocycles. The van der Waals surface area contributed by atoms with E-state index in [1.54, 1.807) is 11.0 Å². The molecule has 4 heteroatoms. The summed E-state index contributed by atoms with van der Waals surface area (Å²) in [5.74, 6) is -0.333. The fourth-order valence-electron chi connectivity index (χ4n) is 1.49. The van der Waals surface area contributed by atoms with E-state index in [2.05, 4.69) is 0 Å². The molecule has 0 bridgehead atoms. The Balaban J connectivity index is 2.24. The van der Waals surface area contributed by atoms with Gasteiger partial charge in [-0.25, -0.2) is 4.39 Å². The van der Waals surface area contributed by atoms with Gasteiger partial charge in [0.15, 0.2) is 0 Å². The Hall–Kier alpha value is -1.58. The monoisotopic (exact) mass is 209 g/mol. The first-order valence-electron chi connectivity index (χ1n) is 4.85. The van der Waals surface area contributed by atoms with Gasteiger partial charge in [0.1, 0.15) is 11.6 Å². The van der Waals surface area contributed by atoms with Crippen molar-refractivity contribution in [2.24, 2.45) is 0 Å². The van der Waals surface area contributed by atoms with Crippen LogP contribution in [0.3, 0.4) is 0 Å². The zero-order valence-corrected chi connectivity index (χ0v) is 8.50. The number of carbonyl (C=O) groups is 1. The van der Waals surface area contributed by atoms with Gasteiger partial charge < -0.3 is 9.64 Å². The van der Waals surface area contributed by atoms with E-state index in [0.717, 1.165) is 19.5 Å². The van der Waals surface area contributed by atoms with Gasteiger partial charge in [0.25, 0.3) is 5.91 Å². The van der Waals surface area contributed by atoms with Crippen LogP contribution in [0.15, 0.2) is 18.2 Å². The first-order chi connectivity index (χ1) is 7.22. The summed E-state index contributed by atoms with van der Waals surface area (Å²) in [6.07, 6.45) is 1.00. The molecule has 1 aromatic rings. The molecule has 0 atom stereocenters. The molecule has 1 amide bonds. The van der Waals surface area contributed by atoms with Crippen molar-refractivity contribution in [3.8, 4) is 5.75 Å². The number of halogens is 1. The van der Waals surface area contributed by atoms with Gasteiger partial charge in [-0.05, 0) is 18.6 Å². The Bertz CT molecular complexity index is 388. The normalized spacial score (nSPS) is 14.7. The van der Waals surface area contributed by atoms with Crippen LogP contribution in [0.5, 0.6) is 5.75 Å². The van der Waals surface area contributed by atoms with Crippen molar-refractivity contribution in [2.45, 2.75) is 6.42 Å². The number of hydrogen-bond acceptors (Lipinski definition) is 2. The van der Waals surface area contributed by atoms with Gasteiger partial charge in [0.2, 0.25) is 0 Å². The van der Waals surface area contributed by atoms with Gasteiger partial charge in [-0.15, -0.1) is 0 Å². The summed E-state index contributed by atoms with van der Waals surface area (Å²) in [6, 6.07) is 4.29. The average Bonchev–Trinajstić information content (AvgIpc) is 2.14. The van der Waals surface area contributed by atoms with Crippen LogP contribution < -0.4 is 4.74 Å². The minimum atomic E-state index is -0.522. The largest absolute Gasteiger partial charge is 0.497 e. The molecule has 3 nitrogen and oxygen atoms in total. The highest BCUT2D eigenvalue weighted by atomic mass is 19.1. The van der Waals surface area contributed by atoms with Gasteiger partial charge in [0.05, 0.1) is 12.7 Å². The number of methoxy groups -OCH3 is 1. The fraction of sp³-hybridized carbons (Fsp3) is 0.364. The molecule has 1 saturated heterocycles. The smallest absolute Gasteiger partial charge is 0.256 e. The molecule has 0 radical (unpaired) electrons. The Morgan fingerprint density at radius 2 is 2.20 bits per heavy atom. The SMILES string of the molecule is COc1ccc(C(=O)N2CCC2)c(F)c1. The summed E-state index contributed by atoms with van der Waals surface area (Å²) in [5.41, 5.74) is 0.121. The molecule has 80 valence electrons. The van der Waals surface area contributed by atoms with Crippen LogP contribution in [0.4, 0.5) is 4.39 Å². The summed E-state index contributed by atoms with van der Waals surface area (Å²) in [5, 5.41) is 0. The average molecular weight is 209 g/mol. The molecule has 0 spiro atoms. The summed E-state index contributed by atoms with van der Waals surface area (Å²) in [6.45, 7) is 1.45. The third kappa shape index (κ3) is 1.79. The minimum Gasteiger partial charge on any atom is -0.497 e. The molecule has 1 aliphatic rings. The number of hydrogen-bond donors (Lipinski definition) is 0. The van der Waals surface area contributed by atoms with Gasteiger partial charge in [-0.1, -0.05) is 0 Å². The van der Waals surface area contributed by atoms with Crippen molar-refractivity contribution in [3.63, 3.8) is 0 Å². The van der Waals surface area contributed by atoms with Crippen molar-refractivity contribution >= 4 is 5.91 Å². The maximum absolute atomic E-state index is 13.5. The molecule has 15 heavy (non-hydrogen) atoms. The highest BCUT2D eigenvalue weighted by Crippen LogP contribution is 2.19. The first-order valence-corrected chi connectivity index (χ1v) is 4.85. The number of ether oxygens (including phenoxy) is 1. The van der Waals surface area contributed by atoms with Crippen LogP contribution in [-0.4, -0.2) is 31.0 Å². The number of carbonyl (C=O) groups excluding carboxylic acids is 1. The molecule has 1 fully saturated rings. The van der Waals surface area contributed by atoms with E-state index in [9.17, 15) is 9.18 Å². The molecule has 0 unspecified atom stereocenters. The van der Waals surface area contributed by atoms with Gasteiger partial charge in [-0.3, -0.25) is 4.79 Å². The quantitative estimate of drug-likeness (QED) is 0.741. The molecule has 0 N–H and O–H groups in total. The number of nitrogens with zero attached hydrogens (tertiary/aromatic N) is 1. The third-order valence-corrected chi connectivity index (χ3v) is 2.55. The molecule has 0 aliphatic carbocycles. The fourth-order valence-corrected chi connectivity index (χ4v) is 1.49. The van der Waals surface area contributed by atoms with Crippen LogP contribution in [0.2, 0.25) is 0 Å². The lowest BCUT2D eigenvalue weighted by Crippen LogP contribution is -2.42. The third-order valence-electron chi connectivity index (χ3n) is 2.55. The highest BCUT2D eigenvalue weighted by Gasteiger charge is 2.23. The minimum absolute atomic E-state index is 0.121. The molecule has 0 saturated carbocycles. The zero-order valence-electron chi connectivity index (χ0n) is 8.50. The second-order valence-corrected chi connectivity index (χ2v) is 3.49. The van der Waals surface area contributed by atoms with E-state index in [-0.39, 0.29) is 11.5 Å². The van der Waals surface area contributed by atoms with Gasteiger partial charge in [-0.2, -0.15) is 0 Å². The molecule has 2 rings (SSSR count). The van der Waals surface area contributed by atoms with E-state index in [4.69, 9.17) is 4.74 Å². The summed E-state index contributed by atoms with van der Waals surface area (Å²) < 4.78 is 18.3. The number of likely N-dealkylation sites (tertiary alicyclic amines) is 1. The van der Waals surface area contributed by atoms with E-state index in [1.807, 2.05) is 0 Å². The first kappa shape index (κ1) is 9.96. The lowest BCUT2D eigenvalue weighted by atomic mass is 10.1. The Morgan fingerprint density at radius 3 is 2.67 bits per heavy atom. The van der Waals surface area contributed by atoms with Gasteiger partial charge in [0, 0.05) is 19.2 Å². The standard InChI is InChI=1S/C11H12FNO2/c1-15-8-3-4-9(10(12)7-8)11(14)13-5-2-6-13/h3-4,7H,2,5-6H2,1H3. The topological polar surface area (TPSA) is 29.5 Å². The van der Waals surface area contributed by atoms with E-state index >= 15 is 0 Å². The molecule has 1 aliphatic heterocycles. The summed E-state index contributed by atoms with van der Waals surface area (Å²) >= 11 is 0. The molecule has 1 aromatic carbocycles. The summed E-state index contributed by atoms with van der Waals surface area (Å²) in [4.78, 5) is 13.3. The lowest BCUT2D eigenvalue weighted by molar-refractivity contribution is 0.0647. The van der Waals surface area contributed by atoms with Crippen molar-refractivity contribution < 1.29 is 13.9 Å².